The molecule has 0 saturated heterocycles. The lowest BCUT2D eigenvalue weighted by atomic mass is 10.3. The first-order valence-electron chi connectivity index (χ1n) is 4.08. The Labute approximate surface area is 82.3 Å². The van der Waals surface area contributed by atoms with Gasteiger partial charge in [0.25, 0.3) is 0 Å². The van der Waals surface area contributed by atoms with Crippen molar-refractivity contribution >= 4 is 17.7 Å². The van der Waals surface area contributed by atoms with Crippen LogP contribution in [0.3, 0.4) is 0 Å². The lowest BCUT2D eigenvalue weighted by Gasteiger charge is -2.12. The maximum Gasteiger partial charge on any atom is 0.306 e. The van der Waals surface area contributed by atoms with Gasteiger partial charge >= 0.3 is 5.97 Å². The van der Waals surface area contributed by atoms with E-state index in [-0.39, 0.29) is 5.97 Å². The summed E-state index contributed by atoms with van der Waals surface area (Å²) in [7, 11) is 1.34. The molecule has 0 spiro atoms. The van der Waals surface area contributed by atoms with E-state index >= 15 is 0 Å². The SMILES string of the molecule is COC(=O)CCSCC(O)C(C)O. The molecule has 0 aromatic heterocycles. The Morgan fingerprint density at radius 2 is 2.15 bits per heavy atom. The molecule has 0 aliphatic rings. The van der Waals surface area contributed by atoms with Gasteiger partial charge in [0.15, 0.2) is 0 Å². The van der Waals surface area contributed by atoms with Crippen LogP contribution in [-0.2, 0) is 9.53 Å². The Hall–Kier alpha value is -0.260. The predicted octanol–water partition coefficient (Wildman–Crippen LogP) is 0.0244. The molecule has 0 aromatic carbocycles. The first kappa shape index (κ1) is 12.7. The molecule has 0 fully saturated rings. The fraction of sp³-hybridized carbons (Fsp3) is 0.875. The van der Waals surface area contributed by atoms with Crippen LogP contribution in [0.5, 0.6) is 0 Å². The van der Waals surface area contributed by atoms with Crippen LogP contribution in [0.2, 0.25) is 0 Å². The first-order valence-corrected chi connectivity index (χ1v) is 5.24. The number of carbonyl (C=O) groups excluding carboxylic acids is 1. The van der Waals surface area contributed by atoms with E-state index in [1.54, 1.807) is 0 Å². The van der Waals surface area contributed by atoms with Crippen molar-refractivity contribution in [3.8, 4) is 0 Å². The van der Waals surface area contributed by atoms with Crippen molar-refractivity contribution in [2.75, 3.05) is 18.6 Å². The molecule has 2 unspecified atom stereocenters. The lowest BCUT2D eigenvalue weighted by Crippen LogP contribution is -2.25. The fourth-order valence-corrected chi connectivity index (χ4v) is 1.60. The molecule has 2 N–H and O–H groups in total. The van der Waals surface area contributed by atoms with E-state index in [9.17, 15) is 4.79 Å². The van der Waals surface area contributed by atoms with Gasteiger partial charge in [-0.1, -0.05) is 0 Å². The van der Waals surface area contributed by atoms with Crippen molar-refractivity contribution < 1.29 is 19.7 Å². The highest BCUT2D eigenvalue weighted by Crippen LogP contribution is 2.07. The average Bonchev–Trinajstić information content (AvgIpc) is 2.11. The predicted molar refractivity (Wildman–Crippen MR) is 51.6 cm³/mol. The highest BCUT2D eigenvalue weighted by Gasteiger charge is 2.10. The Kier molecular flexibility index (Phi) is 7.03. The van der Waals surface area contributed by atoms with E-state index < -0.39 is 12.2 Å². The smallest absolute Gasteiger partial charge is 0.306 e. The maximum absolute atomic E-state index is 10.6. The Morgan fingerprint density at radius 1 is 1.54 bits per heavy atom. The summed E-state index contributed by atoms with van der Waals surface area (Å²) in [6.45, 7) is 1.53. The molecule has 0 heterocycles. The van der Waals surface area contributed by atoms with Gasteiger partial charge in [-0.15, -0.1) is 0 Å². The summed E-state index contributed by atoms with van der Waals surface area (Å²) in [4.78, 5) is 10.6. The summed E-state index contributed by atoms with van der Waals surface area (Å²) < 4.78 is 4.44. The third kappa shape index (κ3) is 6.86. The summed E-state index contributed by atoms with van der Waals surface area (Å²) in [5, 5.41) is 18.1. The largest absolute Gasteiger partial charge is 0.469 e. The molecule has 0 radical (unpaired) electrons. The van der Waals surface area contributed by atoms with E-state index in [2.05, 4.69) is 4.74 Å². The highest BCUT2D eigenvalue weighted by molar-refractivity contribution is 7.99. The van der Waals surface area contributed by atoms with Gasteiger partial charge in [0.05, 0.1) is 25.7 Å². The van der Waals surface area contributed by atoms with Gasteiger partial charge in [-0.2, -0.15) is 11.8 Å². The molecule has 13 heavy (non-hydrogen) atoms. The standard InChI is InChI=1S/C8H16O4S/c1-6(9)7(10)5-13-4-3-8(11)12-2/h6-7,9-10H,3-5H2,1-2H3. The Morgan fingerprint density at radius 3 is 2.62 bits per heavy atom. The van der Waals surface area contributed by atoms with Gasteiger partial charge in [-0.25, -0.2) is 0 Å². The van der Waals surface area contributed by atoms with E-state index in [0.29, 0.717) is 17.9 Å². The van der Waals surface area contributed by atoms with Crippen LogP contribution < -0.4 is 0 Å². The van der Waals surface area contributed by atoms with Crippen LogP contribution in [-0.4, -0.2) is 47.0 Å². The molecule has 0 aliphatic carbocycles. The number of hydrogen-bond acceptors (Lipinski definition) is 5. The summed E-state index contributed by atoms with van der Waals surface area (Å²) in [5.41, 5.74) is 0. The molecule has 0 aromatic rings. The minimum Gasteiger partial charge on any atom is -0.469 e. The van der Waals surface area contributed by atoms with E-state index in [1.807, 2.05) is 0 Å². The van der Waals surface area contributed by atoms with Gasteiger partial charge in [0.2, 0.25) is 0 Å². The number of aliphatic hydroxyl groups excluding tert-OH is 2. The number of aliphatic hydroxyl groups is 2. The summed E-state index contributed by atoms with van der Waals surface area (Å²) in [5.74, 6) is 0.796. The minimum absolute atomic E-state index is 0.251. The average molecular weight is 208 g/mol. The lowest BCUT2D eigenvalue weighted by molar-refractivity contribution is -0.140. The second-order valence-corrected chi connectivity index (χ2v) is 3.86. The summed E-state index contributed by atoms with van der Waals surface area (Å²) in [6.07, 6.45) is -1.10. The molecule has 0 bridgehead atoms. The van der Waals surface area contributed by atoms with Crippen LogP contribution in [0.4, 0.5) is 0 Å². The number of esters is 1. The maximum atomic E-state index is 10.6. The number of ether oxygens (including phenoxy) is 1. The molecule has 0 saturated carbocycles. The van der Waals surface area contributed by atoms with Gasteiger partial charge in [0, 0.05) is 11.5 Å². The molecule has 0 aliphatic heterocycles. The van der Waals surface area contributed by atoms with Gasteiger partial charge in [-0.3, -0.25) is 4.79 Å². The van der Waals surface area contributed by atoms with Crippen molar-refractivity contribution in [3.63, 3.8) is 0 Å². The zero-order valence-corrected chi connectivity index (χ0v) is 8.71. The number of methoxy groups -OCH3 is 1. The van der Waals surface area contributed by atoms with Gasteiger partial charge < -0.3 is 14.9 Å². The van der Waals surface area contributed by atoms with Crippen LogP contribution in [0.25, 0.3) is 0 Å². The zero-order chi connectivity index (χ0) is 10.3. The van der Waals surface area contributed by atoms with E-state index in [1.165, 1.54) is 25.8 Å². The second kappa shape index (κ2) is 7.17. The monoisotopic (exact) mass is 208 g/mol. The molecule has 2 atom stereocenters. The van der Waals surface area contributed by atoms with Crippen molar-refractivity contribution in [3.05, 3.63) is 0 Å². The third-order valence-corrected chi connectivity index (χ3v) is 2.59. The number of rotatable bonds is 6. The quantitative estimate of drug-likeness (QED) is 0.476. The van der Waals surface area contributed by atoms with E-state index in [0.717, 1.165) is 0 Å². The Bertz CT molecular complexity index is 149. The topological polar surface area (TPSA) is 66.8 Å². The molecule has 4 nitrogen and oxygen atoms in total. The second-order valence-electron chi connectivity index (χ2n) is 2.71. The van der Waals surface area contributed by atoms with Gasteiger partial charge in [-0.05, 0) is 6.92 Å². The van der Waals surface area contributed by atoms with Crippen molar-refractivity contribution in [1.29, 1.82) is 0 Å². The fourth-order valence-electron chi connectivity index (χ4n) is 0.601. The number of thioether (sulfide) groups is 1. The molecular formula is C8H16O4S. The van der Waals surface area contributed by atoms with Crippen LogP contribution in [0.1, 0.15) is 13.3 Å². The zero-order valence-electron chi connectivity index (χ0n) is 7.90. The van der Waals surface area contributed by atoms with Crippen LogP contribution in [0.15, 0.2) is 0 Å². The third-order valence-electron chi connectivity index (χ3n) is 1.52. The van der Waals surface area contributed by atoms with Crippen LogP contribution >= 0.6 is 11.8 Å². The molecule has 78 valence electrons. The van der Waals surface area contributed by atoms with Crippen molar-refractivity contribution in [2.45, 2.75) is 25.6 Å². The first-order chi connectivity index (χ1) is 6.07. The number of carbonyl (C=O) groups is 1. The molecule has 0 rings (SSSR count). The van der Waals surface area contributed by atoms with Gasteiger partial charge in [0.1, 0.15) is 0 Å². The molecule has 5 heteroatoms. The minimum atomic E-state index is -0.720. The van der Waals surface area contributed by atoms with E-state index in [4.69, 9.17) is 10.2 Å². The molecule has 0 amide bonds. The van der Waals surface area contributed by atoms with Crippen molar-refractivity contribution in [1.82, 2.24) is 0 Å². The number of hydrogen-bond donors (Lipinski definition) is 2. The normalized spacial score (nSPS) is 15.1. The van der Waals surface area contributed by atoms with Crippen molar-refractivity contribution in [2.24, 2.45) is 0 Å². The summed E-state index contributed by atoms with van der Waals surface area (Å²) >= 11 is 1.42. The Balaban J connectivity index is 3.30. The highest BCUT2D eigenvalue weighted by atomic mass is 32.2. The van der Waals surface area contributed by atoms with Crippen LogP contribution in [0, 0.1) is 0 Å². The molecular weight excluding hydrogens is 192 g/mol. The summed E-state index contributed by atoms with van der Waals surface area (Å²) in [6, 6.07) is 0.